The Bertz CT molecular complexity index is 888. The van der Waals surface area contributed by atoms with Crippen molar-refractivity contribution in [3.8, 4) is 11.8 Å². The van der Waals surface area contributed by atoms with Crippen LogP contribution in [0.2, 0.25) is 0 Å². The molecule has 1 aromatic carbocycles. The van der Waals surface area contributed by atoms with E-state index in [1.54, 1.807) is 24.3 Å². The number of benzene rings is 1. The van der Waals surface area contributed by atoms with Crippen molar-refractivity contribution in [1.82, 2.24) is 9.97 Å². The quantitative estimate of drug-likeness (QED) is 0.735. The van der Waals surface area contributed by atoms with Crippen LogP contribution < -0.4 is 0 Å². The van der Waals surface area contributed by atoms with Crippen LogP contribution in [0.15, 0.2) is 52.5 Å². The molecule has 0 amide bonds. The summed E-state index contributed by atoms with van der Waals surface area (Å²) in [6.07, 6.45) is 1.29. The number of rotatable bonds is 2. The molecule has 0 radical (unpaired) electrons. The summed E-state index contributed by atoms with van der Waals surface area (Å²) in [5, 5.41) is 19.3. The number of hydrogen-bond donors (Lipinski definition) is 1. The lowest BCUT2D eigenvalue weighted by Gasteiger charge is -2.10. The first kappa shape index (κ1) is 14.3. The first-order chi connectivity index (χ1) is 10.6. The second-order valence-corrected chi connectivity index (χ2v) is 6.16. The van der Waals surface area contributed by atoms with E-state index >= 15 is 0 Å². The molecule has 108 valence electrons. The summed E-state index contributed by atoms with van der Waals surface area (Å²) >= 11 is -1.46. The highest BCUT2D eigenvalue weighted by Gasteiger charge is 2.19. The fraction of sp³-hybridized carbons (Fsp3) is 0.0625. The van der Waals surface area contributed by atoms with Crippen LogP contribution in [0.25, 0.3) is 11.0 Å². The Kier molecular flexibility index (Phi) is 3.67. The van der Waals surface area contributed by atoms with Gasteiger partial charge in [-0.25, -0.2) is 0 Å². The van der Waals surface area contributed by atoms with Gasteiger partial charge in [0.15, 0.2) is 10.6 Å². The van der Waals surface area contributed by atoms with Crippen LogP contribution in [-0.4, -0.2) is 19.6 Å². The third-order valence-electron chi connectivity index (χ3n) is 3.21. The standard InChI is InChI=1S/C16H11N3O2S/c1-10-2-4-12(5-3-10)22(21)14-7-6-13-15(19-14)16(20)11(8-17)9-18-13/h2-7,9H,1H3,(H,18,20). The number of nitrogens with zero attached hydrogens (tertiary/aromatic N) is 3. The first-order valence-corrected chi connectivity index (χ1v) is 7.62. The number of aromatic hydroxyl groups is 1. The number of nitriles is 1. The van der Waals surface area contributed by atoms with Crippen molar-refractivity contribution < 1.29 is 9.66 Å². The summed E-state index contributed by atoms with van der Waals surface area (Å²) in [4.78, 5) is 8.90. The van der Waals surface area contributed by atoms with E-state index in [1.165, 1.54) is 6.20 Å². The molecule has 0 spiro atoms. The normalized spacial score (nSPS) is 12.0. The molecule has 3 rings (SSSR count). The molecule has 0 aliphatic heterocycles. The fourth-order valence-electron chi connectivity index (χ4n) is 2.00. The summed E-state index contributed by atoms with van der Waals surface area (Å²) in [6, 6.07) is 12.4. The van der Waals surface area contributed by atoms with E-state index in [2.05, 4.69) is 9.97 Å². The van der Waals surface area contributed by atoms with Crippen LogP contribution in [0.4, 0.5) is 0 Å². The topological polar surface area (TPSA) is 92.9 Å². The average Bonchev–Trinajstić information content (AvgIpc) is 2.55. The number of pyridine rings is 2. The SMILES string of the molecule is Cc1ccc([S+]([O-])c2ccc3ncc(C#N)c(O)c3n2)cc1. The maximum absolute atomic E-state index is 12.5. The minimum Gasteiger partial charge on any atom is -0.605 e. The van der Waals surface area contributed by atoms with Crippen molar-refractivity contribution in [2.24, 2.45) is 0 Å². The zero-order valence-electron chi connectivity index (χ0n) is 11.6. The highest BCUT2D eigenvalue weighted by molar-refractivity contribution is 7.91. The van der Waals surface area contributed by atoms with Gasteiger partial charge in [0.1, 0.15) is 17.1 Å². The minimum atomic E-state index is -1.46. The maximum atomic E-state index is 12.5. The largest absolute Gasteiger partial charge is 0.605 e. The molecule has 0 saturated heterocycles. The van der Waals surface area contributed by atoms with Gasteiger partial charge in [0.05, 0.1) is 5.52 Å². The Morgan fingerprint density at radius 3 is 2.59 bits per heavy atom. The van der Waals surface area contributed by atoms with E-state index in [-0.39, 0.29) is 16.8 Å². The molecular weight excluding hydrogens is 298 g/mol. The smallest absolute Gasteiger partial charge is 0.251 e. The summed E-state index contributed by atoms with van der Waals surface area (Å²) in [6.45, 7) is 1.95. The zero-order valence-corrected chi connectivity index (χ0v) is 12.5. The van der Waals surface area contributed by atoms with Crippen LogP contribution in [0.1, 0.15) is 11.1 Å². The molecular formula is C16H11N3O2S. The lowest BCUT2D eigenvalue weighted by Crippen LogP contribution is -2.05. The van der Waals surface area contributed by atoms with Crippen molar-refractivity contribution in [2.75, 3.05) is 0 Å². The van der Waals surface area contributed by atoms with Gasteiger partial charge in [0, 0.05) is 23.4 Å². The summed E-state index contributed by atoms with van der Waals surface area (Å²) in [5.74, 6) is -0.241. The van der Waals surface area contributed by atoms with Crippen molar-refractivity contribution in [3.63, 3.8) is 0 Å². The number of fused-ring (bicyclic) bond motifs is 1. The highest BCUT2D eigenvalue weighted by atomic mass is 32.2. The molecule has 5 nitrogen and oxygen atoms in total. The van der Waals surface area contributed by atoms with Crippen LogP contribution >= 0.6 is 0 Å². The van der Waals surface area contributed by atoms with Gasteiger partial charge < -0.3 is 9.66 Å². The Balaban J connectivity index is 2.09. The van der Waals surface area contributed by atoms with Gasteiger partial charge >= 0.3 is 0 Å². The molecule has 3 aromatic rings. The first-order valence-electron chi connectivity index (χ1n) is 6.47. The van der Waals surface area contributed by atoms with Gasteiger partial charge in [-0.3, -0.25) is 4.98 Å². The molecule has 0 bridgehead atoms. The molecule has 0 saturated carbocycles. The van der Waals surface area contributed by atoms with Gasteiger partial charge in [-0.2, -0.15) is 10.2 Å². The molecule has 0 fully saturated rings. The summed E-state index contributed by atoms with van der Waals surface area (Å²) in [5.41, 5.74) is 1.74. The van der Waals surface area contributed by atoms with Gasteiger partial charge in [-0.15, -0.1) is 0 Å². The molecule has 22 heavy (non-hydrogen) atoms. The highest BCUT2D eigenvalue weighted by Crippen LogP contribution is 2.27. The van der Waals surface area contributed by atoms with Gasteiger partial charge in [-0.05, 0) is 25.1 Å². The van der Waals surface area contributed by atoms with E-state index in [4.69, 9.17) is 5.26 Å². The van der Waals surface area contributed by atoms with E-state index in [0.29, 0.717) is 15.4 Å². The number of hydrogen-bond acceptors (Lipinski definition) is 5. The maximum Gasteiger partial charge on any atom is 0.251 e. The lowest BCUT2D eigenvalue weighted by atomic mass is 10.2. The van der Waals surface area contributed by atoms with Crippen molar-refractivity contribution in [3.05, 3.63) is 53.7 Å². The molecule has 1 N–H and O–H groups in total. The van der Waals surface area contributed by atoms with E-state index < -0.39 is 11.2 Å². The lowest BCUT2D eigenvalue weighted by molar-refractivity contribution is 0.477. The van der Waals surface area contributed by atoms with Crippen molar-refractivity contribution in [1.29, 1.82) is 5.26 Å². The number of aryl methyl sites for hydroxylation is 1. The molecule has 0 aliphatic carbocycles. The van der Waals surface area contributed by atoms with Gasteiger partial charge in [-0.1, -0.05) is 17.7 Å². The minimum absolute atomic E-state index is 0.0401. The van der Waals surface area contributed by atoms with Crippen molar-refractivity contribution >= 4 is 22.2 Å². The Morgan fingerprint density at radius 2 is 1.91 bits per heavy atom. The average molecular weight is 309 g/mol. The van der Waals surface area contributed by atoms with Crippen LogP contribution in [0.5, 0.6) is 5.75 Å². The molecule has 0 aliphatic rings. The Hall–Kier alpha value is -2.62. The Morgan fingerprint density at radius 1 is 1.18 bits per heavy atom. The molecule has 1 unspecified atom stereocenters. The summed E-state index contributed by atoms with van der Waals surface area (Å²) < 4.78 is 12.5. The zero-order chi connectivity index (χ0) is 15.7. The third-order valence-corrected chi connectivity index (χ3v) is 4.51. The van der Waals surface area contributed by atoms with E-state index in [1.807, 2.05) is 25.1 Å². The summed E-state index contributed by atoms with van der Waals surface area (Å²) in [7, 11) is 0. The second kappa shape index (κ2) is 5.64. The van der Waals surface area contributed by atoms with Gasteiger partial charge in [0.2, 0.25) is 0 Å². The van der Waals surface area contributed by atoms with E-state index in [0.717, 1.165) is 5.56 Å². The molecule has 2 heterocycles. The monoisotopic (exact) mass is 309 g/mol. The fourth-order valence-corrected chi connectivity index (χ4v) is 2.99. The van der Waals surface area contributed by atoms with Gasteiger partial charge in [0.25, 0.3) is 5.03 Å². The van der Waals surface area contributed by atoms with Crippen molar-refractivity contribution in [2.45, 2.75) is 16.8 Å². The second-order valence-electron chi connectivity index (χ2n) is 4.73. The van der Waals surface area contributed by atoms with Crippen LogP contribution in [-0.2, 0) is 11.2 Å². The molecule has 6 heteroatoms. The Labute approximate surface area is 130 Å². The molecule has 2 aromatic heterocycles. The third kappa shape index (κ3) is 2.48. The van der Waals surface area contributed by atoms with E-state index in [9.17, 15) is 9.66 Å². The predicted molar refractivity (Wildman–Crippen MR) is 81.8 cm³/mol. The number of aromatic nitrogens is 2. The predicted octanol–water partition coefficient (Wildman–Crippen LogP) is 2.68. The van der Waals surface area contributed by atoms with Crippen LogP contribution in [0.3, 0.4) is 0 Å². The molecule has 1 atom stereocenters. The van der Waals surface area contributed by atoms with Crippen LogP contribution in [0, 0.1) is 18.3 Å².